The molecule has 2 atom stereocenters. The molecule has 1 saturated heterocycles. The summed E-state index contributed by atoms with van der Waals surface area (Å²) in [5, 5.41) is 21.8. The van der Waals surface area contributed by atoms with Crippen molar-refractivity contribution in [3.8, 4) is 5.75 Å². The van der Waals surface area contributed by atoms with E-state index in [1.807, 2.05) is 37.3 Å². The van der Waals surface area contributed by atoms with E-state index in [1.165, 1.54) is 5.48 Å². The molecule has 3 amide bonds. The first kappa shape index (κ1) is 23.0. The Balaban J connectivity index is 1.41. The van der Waals surface area contributed by atoms with Gasteiger partial charge in [0.25, 0.3) is 5.91 Å². The highest BCUT2D eigenvalue weighted by molar-refractivity contribution is 5.95. The van der Waals surface area contributed by atoms with Crippen molar-refractivity contribution in [2.75, 3.05) is 13.1 Å². The molecule has 0 saturated carbocycles. The summed E-state index contributed by atoms with van der Waals surface area (Å²) >= 11 is 0. The highest BCUT2D eigenvalue weighted by Gasteiger charge is 2.40. The van der Waals surface area contributed by atoms with E-state index in [4.69, 9.17) is 9.94 Å². The minimum atomic E-state index is -1.20. The van der Waals surface area contributed by atoms with E-state index in [1.54, 1.807) is 24.3 Å². The first-order valence-corrected chi connectivity index (χ1v) is 10.7. The van der Waals surface area contributed by atoms with Gasteiger partial charge in [-0.2, -0.15) is 0 Å². The Labute approximate surface area is 195 Å². The number of carboxylic acid groups (broad SMARTS) is 1. The number of ether oxygens (including phenoxy) is 1. The number of hydroxylamine groups is 1. The molecule has 0 bridgehead atoms. The minimum Gasteiger partial charge on any atom is -0.489 e. The summed E-state index contributed by atoms with van der Waals surface area (Å²) in [6.07, 6.45) is -1.20. The Bertz CT molecular complexity index is 1230. The number of likely N-dealkylation sites (tertiary alicyclic amines) is 1. The van der Waals surface area contributed by atoms with Crippen LogP contribution >= 0.6 is 0 Å². The van der Waals surface area contributed by atoms with Gasteiger partial charge in [0, 0.05) is 35.3 Å². The number of rotatable bonds is 6. The molecule has 4 rings (SSSR count). The number of amides is 3. The molecule has 10 heteroatoms. The Hall–Kier alpha value is -4.18. The number of carbonyl (C=O) groups excluding carboxylic acids is 2. The lowest BCUT2D eigenvalue weighted by atomic mass is 10.0. The van der Waals surface area contributed by atoms with Crippen molar-refractivity contribution >= 4 is 28.8 Å². The molecule has 2 heterocycles. The molecule has 0 aliphatic carbocycles. The van der Waals surface area contributed by atoms with Crippen LogP contribution in [0.2, 0.25) is 0 Å². The van der Waals surface area contributed by atoms with Crippen LogP contribution in [0.4, 0.5) is 4.79 Å². The van der Waals surface area contributed by atoms with Crippen LogP contribution in [0.25, 0.3) is 10.9 Å². The molecule has 1 aliphatic heterocycles. The lowest BCUT2D eigenvalue weighted by Gasteiger charge is -2.18. The third-order valence-electron chi connectivity index (χ3n) is 5.79. The molecule has 34 heavy (non-hydrogen) atoms. The summed E-state index contributed by atoms with van der Waals surface area (Å²) in [5.41, 5.74) is 4.65. The second kappa shape index (κ2) is 9.75. The highest BCUT2D eigenvalue weighted by Crippen LogP contribution is 2.22. The van der Waals surface area contributed by atoms with Gasteiger partial charge in [-0.25, -0.2) is 10.3 Å². The van der Waals surface area contributed by atoms with Gasteiger partial charge in [0.15, 0.2) is 0 Å². The van der Waals surface area contributed by atoms with Crippen molar-refractivity contribution in [3.63, 3.8) is 0 Å². The van der Waals surface area contributed by atoms with Crippen LogP contribution in [0.15, 0.2) is 54.6 Å². The van der Waals surface area contributed by atoms with Crippen LogP contribution < -0.4 is 15.5 Å². The fraction of sp³-hybridized carbons (Fsp3) is 0.250. The third-order valence-corrected chi connectivity index (χ3v) is 5.79. The van der Waals surface area contributed by atoms with Gasteiger partial charge in [-0.1, -0.05) is 18.2 Å². The molecule has 10 nitrogen and oxygen atoms in total. The number of hydrogen-bond donors (Lipinski definition) is 4. The maximum atomic E-state index is 12.7. The maximum Gasteiger partial charge on any atom is 0.407 e. The third kappa shape index (κ3) is 4.91. The van der Waals surface area contributed by atoms with E-state index in [-0.39, 0.29) is 13.1 Å². The van der Waals surface area contributed by atoms with Crippen LogP contribution in [-0.4, -0.2) is 57.2 Å². The van der Waals surface area contributed by atoms with Crippen molar-refractivity contribution < 1.29 is 29.4 Å². The largest absolute Gasteiger partial charge is 0.489 e. The first-order chi connectivity index (χ1) is 16.4. The smallest absolute Gasteiger partial charge is 0.407 e. The van der Waals surface area contributed by atoms with Gasteiger partial charge in [0.05, 0.1) is 17.5 Å². The lowest BCUT2D eigenvalue weighted by Crippen LogP contribution is -2.45. The number of aromatic nitrogens is 1. The van der Waals surface area contributed by atoms with Crippen molar-refractivity contribution in [2.45, 2.75) is 19.6 Å². The van der Waals surface area contributed by atoms with Gasteiger partial charge in [-0.3, -0.25) is 19.8 Å². The van der Waals surface area contributed by atoms with Gasteiger partial charge in [0.2, 0.25) is 5.91 Å². The van der Waals surface area contributed by atoms with Crippen LogP contribution in [0.1, 0.15) is 21.6 Å². The average Bonchev–Trinajstić information content (AvgIpc) is 3.26. The van der Waals surface area contributed by atoms with Crippen molar-refractivity contribution in [2.24, 2.45) is 5.92 Å². The lowest BCUT2D eigenvalue weighted by molar-refractivity contribution is -0.133. The monoisotopic (exact) mass is 464 g/mol. The SMILES string of the molecule is Cc1cc(COc2ccc(C(=O)N[C@@H]3CN(C(=O)O)C[C@@H]3C(=O)NO)cc2)c2ccccc2n1. The fourth-order valence-electron chi connectivity index (χ4n) is 4.08. The number of nitrogens with zero attached hydrogens (tertiary/aromatic N) is 2. The zero-order valence-corrected chi connectivity index (χ0v) is 18.4. The second-order valence-corrected chi connectivity index (χ2v) is 8.10. The quantitative estimate of drug-likeness (QED) is 0.324. The second-order valence-electron chi connectivity index (χ2n) is 8.10. The van der Waals surface area contributed by atoms with Crippen LogP contribution in [0, 0.1) is 12.8 Å². The molecule has 1 aliphatic rings. The van der Waals surface area contributed by atoms with Gasteiger partial charge >= 0.3 is 6.09 Å². The summed E-state index contributed by atoms with van der Waals surface area (Å²) in [4.78, 5) is 41.4. The number of benzene rings is 2. The molecular weight excluding hydrogens is 440 g/mol. The number of pyridine rings is 1. The molecule has 0 unspecified atom stereocenters. The van der Waals surface area contributed by atoms with Gasteiger partial charge in [-0.15, -0.1) is 0 Å². The Kier molecular flexibility index (Phi) is 6.60. The number of hydrogen-bond acceptors (Lipinski definition) is 6. The number of fused-ring (bicyclic) bond motifs is 1. The van der Waals surface area contributed by atoms with Crippen LogP contribution in [0.3, 0.4) is 0 Å². The van der Waals surface area contributed by atoms with Crippen LogP contribution in [-0.2, 0) is 11.4 Å². The zero-order valence-electron chi connectivity index (χ0n) is 18.4. The van der Waals surface area contributed by atoms with E-state index in [9.17, 15) is 19.5 Å². The molecule has 2 aromatic carbocycles. The molecule has 0 spiro atoms. The number of para-hydroxylation sites is 1. The van der Waals surface area contributed by atoms with Gasteiger partial charge < -0.3 is 20.1 Å². The predicted molar refractivity (Wildman–Crippen MR) is 122 cm³/mol. The van der Waals surface area contributed by atoms with Crippen molar-refractivity contribution in [3.05, 3.63) is 71.4 Å². The molecule has 1 aromatic heterocycles. The highest BCUT2D eigenvalue weighted by atomic mass is 16.5. The Morgan fingerprint density at radius 2 is 1.85 bits per heavy atom. The van der Waals surface area contributed by atoms with Gasteiger partial charge in [-0.05, 0) is 43.3 Å². The van der Waals surface area contributed by atoms with Crippen molar-refractivity contribution in [1.29, 1.82) is 0 Å². The maximum absolute atomic E-state index is 12.7. The van der Waals surface area contributed by atoms with E-state index >= 15 is 0 Å². The summed E-state index contributed by atoms with van der Waals surface area (Å²) in [6, 6.07) is 15.6. The van der Waals surface area contributed by atoms with E-state index < -0.39 is 29.9 Å². The van der Waals surface area contributed by atoms with Gasteiger partial charge in [0.1, 0.15) is 12.4 Å². The topological polar surface area (TPSA) is 141 Å². The number of carbonyl (C=O) groups is 3. The Morgan fingerprint density at radius 3 is 2.56 bits per heavy atom. The first-order valence-electron chi connectivity index (χ1n) is 10.7. The minimum absolute atomic E-state index is 0.0559. The predicted octanol–water partition coefficient (Wildman–Crippen LogP) is 2.34. The van der Waals surface area contributed by atoms with E-state index in [2.05, 4.69) is 10.3 Å². The summed E-state index contributed by atoms with van der Waals surface area (Å²) in [5.74, 6) is -1.54. The molecule has 176 valence electrons. The molecule has 4 N–H and O–H groups in total. The number of nitrogens with one attached hydrogen (secondary N) is 2. The number of aryl methyl sites for hydroxylation is 1. The van der Waals surface area contributed by atoms with Crippen LogP contribution in [0.5, 0.6) is 5.75 Å². The summed E-state index contributed by atoms with van der Waals surface area (Å²) in [6.45, 7) is 2.08. The zero-order chi connectivity index (χ0) is 24.2. The Morgan fingerprint density at radius 1 is 1.12 bits per heavy atom. The van der Waals surface area contributed by atoms with E-state index in [0.717, 1.165) is 27.1 Å². The molecule has 3 aromatic rings. The average molecular weight is 464 g/mol. The molecule has 1 fully saturated rings. The van der Waals surface area contributed by atoms with Crippen molar-refractivity contribution in [1.82, 2.24) is 20.7 Å². The normalized spacial score (nSPS) is 17.4. The fourth-order valence-corrected chi connectivity index (χ4v) is 4.08. The molecule has 0 radical (unpaired) electrons. The summed E-state index contributed by atoms with van der Waals surface area (Å²) < 4.78 is 5.91. The van der Waals surface area contributed by atoms with E-state index in [0.29, 0.717) is 17.9 Å². The standard InChI is InChI=1S/C24H24N4O6/c1-14-10-16(18-4-2-3-5-20(18)25-14)13-34-17-8-6-15(7-9-17)22(29)26-21-12-28(24(31)32)11-19(21)23(30)27-33/h2-10,19,21,33H,11-13H2,1H3,(H,26,29)(H,27,30)(H,31,32)/t19-,21+/m0/s1. The molecular formula is C24H24N4O6. The summed E-state index contributed by atoms with van der Waals surface area (Å²) in [7, 11) is 0.